The van der Waals surface area contributed by atoms with Crippen LogP contribution in [-0.4, -0.2) is 51.7 Å². The summed E-state index contributed by atoms with van der Waals surface area (Å²) in [4.78, 5) is 30.5. The first-order chi connectivity index (χ1) is 14.4. The van der Waals surface area contributed by atoms with E-state index in [1.54, 1.807) is 41.4 Å². The first-order valence-corrected chi connectivity index (χ1v) is 10.7. The van der Waals surface area contributed by atoms with Crippen LogP contribution < -0.4 is 5.43 Å². The number of carbonyl (C=O) groups is 1. The fourth-order valence-corrected chi connectivity index (χ4v) is 4.61. The average Bonchev–Trinajstić information content (AvgIpc) is 3.13. The molecule has 30 heavy (non-hydrogen) atoms. The summed E-state index contributed by atoms with van der Waals surface area (Å²) in [7, 11) is 0. The van der Waals surface area contributed by atoms with Crippen LogP contribution in [0.4, 0.5) is 4.39 Å². The molecule has 0 bridgehead atoms. The molecule has 0 atom stereocenters. The van der Waals surface area contributed by atoms with Crippen LogP contribution >= 0.6 is 22.9 Å². The van der Waals surface area contributed by atoms with E-state index in [2.05, 4.69) is 10.00 Å². The molecule has 0 unspecified atom stereocenters. The third-order valence-electron chi connectivity index (χ3n) is 5.06. The number of aromatic nitrogens is 2. The van der Waals surface area contributed by atoms with Gasteiger partial charge in [0, 0.05) is 49.4 Å². The number of halogens is 2. The van der Waals surface area contributed by atoms with Crippen molar-refractivity contribution in [2.75, 3.05) is 26.2 Å². The normalized spacial score (nSPS) is 14.8. The summed E-state index contributed by atoms with van der Waals surface area (Å²) in [6.45, 7) is 4.80. The average molecular weight is 447 g/mol. The minimum absolute atomic E-state index is 0.192. The number of nitrogens with zero attached hydrogens (tertiary/aromatic N) is 4. The zero-order valence-electron chi connectivity index (χ0n) is 16.3. The lowest BCUT2D eigenvalue weighted by molar-refractivity contribution is 0.0620. The molecular weight excluding hydrogens is 427 g/mol. The maximum Gasteiger partial charge on any atom is 0.278 e. The van der Waals surface area contributed by atoms with Crippen molar-refractivity contribution in [3.63, 3.8) is 0 Å². The zero-order valence-corrected chi connectivity index (χ0v) is 17.9. The number of hydrogen-bond donors (Lipinski definition) is 0. The van der Waals surface area contributed by atoms with E-state index in [1.807, 2.05) is 12.1 Å². The molecule has 0 saturated carbocycles. The molecule has 3 aromatic rings. The Kier molecular flexibility index (Phi) is 5.99. The summed E-state index contributed by atoms with van der Waals surface area (Å²) in [6, 6.07) is 11.3. The third kappa shape index (κ3) is 4.30. The van der Waals surface area contributed by atoms with Gasteiger partial charge in [0.15, 0.2) is 5.69 Å². The number of para-hydroxylation sites is 1. The predicted molar refractivity (Wildman–Crippen MR) is 115 cm³/mol. The number of piperazine rings is 1. The SMILES string of the molecule is Cc1cc(=O)c(C(=O)N2CCN(Cc3ccc(Cl)s3)CC2)nn1-c1ccccc1F. The van der Waals surface area contributed by atoms with Gasteiger partial charge in [-0.25, -0.2) is 9.07 Å². The second kappa shape index (κ2) is 8.67. The monoisotopic (exact) mass is 446 g/mol. The minimum Gasteiger partial charge on any atom is -0.335 e. The Morgan fingerprint density at radius 2 is 1.90 bits per heavy atom. The van der Waals surface area contributed by atoms with Crippen LogP contribution in [0.3, 0.4) is 0 Å². The van der Waals surface area contributed by atoms with Gasteiger partial charge in [-0.3, -0.25) is 14.5 Å². The van der Waals surface area contributed by atoms with Crippen molar-refractivity contribution in [1.82, 2.24) is 19.6 Å². The van der Waals surface area contributed by atoms with Crippen molar-refractivity contribution < 1.29 is 9.18 Å². The summed E-state index contributed by atoms with van der Waals surface area (Å²) in [5, 5.41) is 4.21. The van der Waals surface area contributed by atoms with Gasteiger partial charge in [-0.2, -0.15) is 5.10 Å². The second-order valence-corrected chi connectivity index (χ2v) is 8.94. The molecule has 1 amide bonds. The lowest BCUT2D eigenvalue weighted by Crippen LogP contribution is -2.49. The van der Waals surface area contributed by atoms with Gasteiger partial charge in [-0.05, 0) is 31.2 Å². The zero-order chi connectivity index (χ0) is 21.3. The quantitative estimate of drug-likeness (QED) is 0.616. The summed E-state index contributed by atoms with van der Waals surface area (Å²) in [5.41, 5.74) is 0.00708. The molecule has 1 saturated heterocycles. The van der Waals surface area contributed by atoms with Crippen LogP contribution in [0.25, 0.3) is 5.69 Å². The van der Waals surface area contributed by atoms with Crippen molar-refractivity contribution >= 4 is 28.8 Å². The standard InChI is InChI=1S/C21H20ClFN4O2S/c1-14-12-18(28)20(24-27(14)17-5-3-2-4-16(17)23)21(29)26-10-8-25(9-11-26)13-15-6-7-19(22)30-15/h2-7,12H,8-11,13H2,1H3. The fraction of sp³-hybridized carbons (Fsp3) is 0.286. The summed E-state index contributed by atoms with van der Waals surface area (Å²) >= 11 is 7.54. The molecule has 1 fully saturated rings. The molecule has 0 spiro atoms. The van der Waals surface area contributed by atoms with Gasteiger partial charge in [0.1, 0.15) is 11.5 Å². The molecule has 9 heteroatoms. The van der Waals surface area contributed by atoms with Crippen molar-refractivity contribution in [3.8, 4) is 5.69 Å². The van der Waals surface area contributed by atoms with E-state index in [0.29, 0.717) is 31.9 Å². The van der Waals surface area contributed by atoms with Crippen molar-refractivity contribution in [1.29, 1.82) is 0 Å². The molecule has 1 aromatic carbocycles. The molecule has 1 aliphatic rings. The van der Waals surface area contributed by atoms with E-state index in [4.69, 9.17) is 11.6 Å². The van der Waals surface area contributed by atoms with Gasteiger partial charge < -0.3 is 4.90 Å². The lowest BCUT2D eigenvalue weighted by Gasteiger charge is -2.34. The van der Waals surface area contributed by atoms with Crippen LogP contribution in [0.5, 0.6) is 0 Å². The maximum atomic E-state index is 14.2. The number of thiophene rings is 1. The minimum atomic E-state index is -0.475. The highest BCUT2D eigenvalue weighted by atomic mass is 35.5. The highest BCUT2D eigenvalue weighted by Crippen LogP contribution is 2.23. The van der Waals surface area contributed by atoms with Gasteiger partial charge in [0.2, 0.25) is 5.43 Å². The van der Waals surface area contributed by atoms with Gasteiger partial charge in [0.25, 0.3) is 5.91 Å². The molecule has 3 heterocycles. The van der Waals surface area contributed by atoms with Gasteiger partial charge >= 0.3 is 0 Å². The van der Waals surface area contributed by atoms with Crippen LogP contribution in [0.1, 0.15) is 21.1 Å². The lowest BCUT2D eigenvalue weighted by atomic mass is 10.2. The van der Waals surface area contributed by atoms with Crippen LogP contribution in [-0.2, 0) is 6.54 Å². The second-order valence-electron chi connectivity index (χ2n) is 7.14. The Balaban J connectivity index is 1.50. The number of benzene rings is 1. The molecule has 0 N–H and O–H groups in total. The first-order valence-electron chi connectivity index (χ1n) is 9.54. The fourth-order valence-electron chi connectivity index (χ4n) is 3.48. The van der Waals surface area contributed by atoms with E-state index in [1.165, 1.54) is 21.7 Å². The molecule has 0 radical (unpaired) electrons. The summed E-state index contributed by atoms with van der Waals surface area (Å²) in [5.74, 6) is -0.902. The maximum absolute atomic E-state index is 14.2. The number of amides is 1. The highest BCUT2D eigenvalue weighted by Gasteiger charge is 2.26. The van der Waals surface area contributed by atoms with Gasteiger partial charge in [-0.1, -0.05) is 23.7 Å². The highest BCUT2D eigenvalue weighted by molar-refractivity contribution is 7.16. The van der Waals surface area contributed by atoms with E-state index in [-0.39, 0.29) is 11.4 Å². The van der Waals surface area contributed by atoms with E-state index >= 15 is 0 Å². The molecule has 4 rings (SSSR count). The van der Waals surface area contributed by atoms with Gasteiger partial charge in [-0.15, -0.1) is 11.3 Å². The number of rotatable bonds is 4. The first kappa shape index (κ1) is 20.7. The van der Waals surface area contributed by atoms with Crippen LogP contribution in [0, 0.1) is 12.7 Å². The van der Waals surface area contributed by atoms with Crippen LogP contribution in [0.2, 0.25) is 4.34 Å². The van der Waals surface area contributed by atoms with E-state index in [0.717, 1.165) is 10.9 Å². The Morgan fingerprint density at radius 1 is 1.17 bits per heavy atom. The van der Waals surface area contributed by atoms with Crippen molar-refractivity contribution in [2.45, 2.75) is 13.5 Å². The molecule has 6 nitrogen and oxygen atoms in total. The predicted octanol–water partition coefficient (Wildman–Crippen LogP) is 3.35. The number of carbonyl (C=O) groups excluding carboxylic acids is 1. The number of hydrogen-bond acceptors (Lipinski definition) is 5. The van der Waals surface area contributed by atoms with E-state index < -0.39 is 17.2 Å². The summed E-state index contributed by atoms with van der Waals surface area (Å²) in [6.07, 6.45) is 0. The van der Waals surface area contributed by atoms with Crippen molar-refractivity contribution in [3.05, 3.63) is 79.1 Å². The number of aryl methyl sites for hydroxylation is 1. The van der Waals surface area contributed by atoms with Crippen LogP contribution in [0.15, 0.2) is 47.3 Å². The molecule has 156 valence electrons. The van der Waals surface area contributed by atoms with E-state index in [9.17, 15) is 14.0 Å². The Labute approximate surface area is 182 Å². The largest absolute Gasteiger partial charge is 0.335 e. The molecule has 2 aromatic heterocycles. The van der Waals surface area contributed by atoms with Gasteiger partial charge in [0.05, 0.1) is 4.34 Å². The smallest absolute Gasteiger partial charge is 0.278 e. The molecule has 1 aliphatic heterocycles. The Morgan fingerprint density at radius 3 is 2.57 bits per heavy atom. The van der Waals surface area contributed by atoms with Crippen molar-refractivity contribution in [2.24, 2.45) is 0 Å². The third-order valence-corrected chi connectivity index (χ3v) is 6.27. The summed E-state index contributed by atoms with van der Waals surface area (Å²) < 4.78 is 16.3. The Bertz CT molecular complexity index is 1140. The topological polar surface area (TPSA) is 58.4 Å². The molecule has 0 aliphatic carbocycles. The Hall–Kier alpha value is -2.55. The molecular formula is C21H20ClFN4O2S.